The number of nitrogens with zero attached hydrogens (tertiary/aromatic N) is 1. The Hall–Kier alpha value is -2.05. The maximum atomic E-state index is 5.39. The maximum absolute atomic E-state index is 5.39. The van der Waals surface area contributed by atoms with E-state index in [2.05, 4.69) is 16.8 Å². The van der Waals surface area contributed by atoms with Gasteiger partial charge in [0, 0.05) is 30.0 Å². The van der Waals surface area contributed by atoms with Gasteiger partial charge >= 0.3 is 0 Å². The van der Waals surface area contributed by atoms with E-state index < -0.39 is 0 Å². The molecule has 0 saturated carbocycles. The Bertz CT molecular complexity index is 582. The molecule has 3 nitrogen and oxygen atoms in total. The second kappa shape index (κ2) is 5.33. The van der Waals surface area contributed by atoms with E-state index in [1.165, 1.54) is 0 Å². The van der Waals surface area contributed by atoms with E-state index in [1.54, 1.807) is 7.11 Å². The molecule has 17 heavy (non-hydrogen) atoms. The van der Waals surface area contributed by atoms with Gasteiger partial charge in [-0.25, -0.2) is 4.98 Å². The molecule has 0 radical (unpaired) electrons. The molecule has 1 heterocycles. The Morgan fingerprint density at radius 3 is 2.94 bits per heavy atom. The molecule has 86 valence electrons. The number of methoxy groups -OCH3 is 1. The van der Waals surface area contributed by atoms with Gasteiger partial charge in [0.05, 0.1) is 12.6 Å². The summed E-state index contributed by atoms with van der Waals surface area (Å²) in [6, 6.07) is 9.75. The molecule has 2 rings (SSSR count). The number of fused-ring (bicyclic) bond motifs is 1. The SMILES string of the molecule is COc1ccc2cc(C#CCCN)ccc2n1. The summed E-state index contributed by atoms with van der Waals surface area (Å²) >= 11 is 0. The quantitative estimate of drug-likeness (QED) is 0.796. The summed E-state index contributed by atoms with van der Waals surface area (Å²) < 4.78 is 5.08. The van der Waals surface area contributed by atoms with E-state index in [4.69, 9.17) is 10.5 Å². The molecule has 0 aliphatic rings. The highest BCUT2D eigenvalue weighted by atomic mass is 16.5. The summed E-state index contributed by atoms with van der Waals surface area (Å²) in [5, 5.41) is 1.06. The highest BCUT2D eigenvalue weighted by molar-refractivity contribution is 5.80. The van der Waals surface area contributed by atoms with Crippen LogP contribution in [0.3, 0.4) is 0 Å². The van der Waals surface area contributed by atoms with Gasteiger partial charge in [0.25, 0.3) is 0 Å². The number of nitrogens with two attached hydrogens (primary N) is 1. The first-order valence-corrected chi connectivity index (χ1v) is 5.47. The van der Waals surface area contributed by atoms with Crippen molar-refractivity contribution >= 4 is 10.9 Å². The highest BCUT2D eigenvalue weighted by Gasteiger charge is 1.98. The van der Waals surface area contributed by atoms with E-state index in [0.717, 1.165) is 22.9 Å². The highest BCUT2D eigenvalue weighted by Crippen LogP contribution is 2.17. The molecular formula is C14H14N2O. The second-order valence-electron chi connectivity index (χ2n) is 3.60. The first kappa shape index (κ1) is 11.4. The summed E-state index contributed by atoms with van der Waals surface area (Å²) in [5.41, 5.74) is 7.28. The molecule has 0 atom stereocenters. The minimum Gasteiger partial charge on any atom is -0.481 e. The van der Waals surface area contributed by atoms with E-state index in [-0.39, 0.29) is 0 Å². The van der Waals surface area contributed by atoms with Crippen LogP contribution in [0.1, 0.15) is 12.0 Å². The summed E-state index contributed by atoms with van der Waals surface area (Å²) in [5.74, 6) is 6.72. The van der Waals surface area contributed by atoms with Crippen molar-refractivity contribution in [2.24, 2.45) is 5.73 Å². The first-order valence-electron chi connectivity index (χ1n) is 5.47. The number of aromatic nitrogens is 1. The van der Waals surface area contributed by atoms with Crippen LogP contribution in [0.2, 0.25) is 0 Å². The standard InChI is InChI=1S/C14H14N2O/c1-17-14-8-6-12-10-11(4-2-3-9-15)5-7-13(12)16-14/h5-8,10H,3,9,15H2,1H3. The normalized spacial score (nSPS) is 9.76. The maximum Gasteiger partial charge on any atom is 0.213 e. The number of hydrogen-bond donors (Lipinski definition) is 1. The lowest BCUT2D eigenvalue weighted by molar-refractivity contribution is 0.399. The fraction of sp³-hybridized carbons (Fsp3) is 0.214. The van der Waals surface area contributed by atoms with Crippen molar-refractivity contribution < 1.29 is 4.74 Å². The molecule has 2 aromatic rings. The van der Waals surface area contributed by atoms with Crippen LogP contribution in [0, 0.1) is 11.8 Å². The predicted octanol–water partition coefficient (Wildman–Crippen LogP) is 1.94. The van der Waals surface area contributed by atoms with Crippen LogP contribution in [-0.4, -0.2) is 18.6 Å². The van der Waals surface area contributed by atoms with Crippen molar-refractivity contribution in [2.45, 2.75) is 6.42 Å². The third-order valence-corrected chi connectivity index (χ3v) is 2.37. The van der Waals surface area contributed by atoms with Gasteiger partial charge in [0.15, 0.2) is 0 Å². The Balaban J connectivity index is 2.36. The molecule has 0 spiro atoms. The van der Waals surface area contributed by atoms with Gasteiger partial charge in [-0.05, 0) is 24.3 Å². The molecule has 0 amide bonds. The zero-order valence-electron chi connectivity index (χ0n) is 9.73. The van der Waals surface area contributed by atoms with Crippen LogP contribution in [0.4, 0.5) is 0 Å². The number of benzene rings is 1. The van der Waals surface area contributed by atoms with Gasteiger partial charge < -0.3 is 10.5 Å². The van der Waals surface area contributed by atoms with Gasteiger partial charge in [-0.3, -0.25) is 0 Å². The topological polar surface area (TPSA) is 48.1 Å². The van der Waals surface area contributed by atoms with Gasteiger partial charge in [-0.2, -0.15) is 0 Å². The third-order valence-electron chi connectivity index (χ3n) is 2.37. The first-order chi connectivity index (χ1) is 8.33. The van der Waals surface area contributed by atoms with Gasteiger partial charge in [-0.15, -0.1) is 0 Å². The van der Waals surface area contributed by atoms with Crippen LogP contribution in [0.5, 0.6) is 5.88 Å². The molecule has 0 bridgehead atoms. The molecule has 1 aromatic carbocycles. The number of rotatable bonds is 2. The Kier molecular flexibility index (Phi) is 3.59. The Morgan fingerprint density at radius 2 is 2.18 bits per heavy atom. The van der Waals surface area contributed by atoms with Crippen molar-refractivity contribution in [2.75, 3.05) is 13.7 Å². The van der Waals surface area contributed by atoms with Crippen LogP contribution in [0.25, 0.3) is 10.9 Å². The molecule has 1 aromatic heterocycles. The lowest BCUT2D eigenvalue weighted by Gasteiger charge is -2.01. The van der Waals surface area contributed by atoms with Crippen LogP contribution >= 0.6 is 0 Å². The average molecular weight is 226 g/mol. The molecule has 0 aliphatic heterocycles. The zero-order chi connectivity index (χ0) is 12.1. The van der Waals surface area contributed by atoms with Crippen molar-refractivity contribution in [1.29, 1.82) is 0 Å². The summed E-state index contributed by atoms with van der Waals surface area (Å²) in [6.45, 7) is 0.597. The van der Waals surface area contributed by atoms with Gasteiger partial charge in [-0.1, -0.05) is 11.8 Å². The summed E-state index contributed by atoms with van der Waals surface area (Å²) in [4.78, 5) is 4.34. The second-order valence-corrected chi connectivity index (χ2v) is 3.60. The number of pyridine rings is 1. The van der Waals surface area contributed by atoms with Gasteiger partial charge in [0.1, 0.15) is 0 Å². The fourth-order valence-corrected chi connectivity index (χ4v) is 1.54. The molecule has 3 heteroatoms. The lowest BCUT2D eigenvalue weighted by Crippen LogP contribution is -1.95. The predicted molar refractivity (Wildman–Crippen MR) is 68.8 cm³/mol. The van der Waals surface area contributed by atoms with Crippen molar-refractivity contribution in [3.8, 4) is 17.7 Å². The number of hydrogen-bond acceptors (Lipinski definition) is 3. The van der Waals surface area contributed by atoms with Crippen molar-refractivity contribution in [1.82, 2.24) is 4.98 Å². The average Bonchev–Trinajstić information content (AvgIpc) is 2.38. The largest absolute Gasteiger partial charge is 0.481 e. The van der Waals surface area contributed by atoms with Crippen molar-refractivity contribution in [3.63, 3.8) is 0 Å². The van der Waals surface area contributed by atoms with E-state index in [0.29, 0.717) is 12.4 Å². The van der Waals surface area contributed by atoms with E-state index in [9.17, 15) is 0 Å². The minimum absolute atomic E-state index is 0.597. The monoisotopic (exact) mass is 226 g/mol. The zero-order valence-corrected chi connectivity index (χ0v) is 9.73. The van der Waals surface area contributed by atoms with Crippen molar-refractivity contribution in [3.05, 3.63) is 35.9 Å². The fourth-order valence-electron chi connectivity index (χ4n) is 1.54. The van der Waals surface area contributed by atoms with Crippen LogP contribution in [0.15, 0.2) is 30.3 Å². The smallest absolute Gasteiger partial charge is 0.213 e. The molecule has 2 N–H and O–H groups in total. The number of ether oxygens (including phenoxy) is 1. The summed E-state index contributed by atoms with van der Waals surface area (Å²) in [7, 11) is 1.61. The van der Waals surface area contributed by atoms with E-state index in [1.807, 2.05) is 30.3 Å². The van der Waals surface area contributed by atoms with Crippen LogP contribution < -0.4 is 10.5 Å². The molecule has 0 aliphatic carbocycles. The van der Waals surface area contributed by atoms with E-state index >= 15 is 0 Å². The Morgan fingerprint density at radius 1 is 1.29 bits per heavy atom. The molecular weight excluding hydrogens is 212 g/mol. The minimum atomic E-state index is 0.597. The lowest BCUT2D eigenvalue weighted by atomic mass is 10.1. The van der Waals surface area contributed by atoms with Gasteiger partial charge in [0.2, 0.25) is 5.88 Å². The third kappa shape index (κ3) is 2.74. The molecule has 0 saturated heterocycles. The Labute approximate surface area is 101 Å². The molecule has 0 fully saturated rings. The summed E-state index contributed by atoms with van der Waals surface area (Å²) in [6.07, 6.45) is 0.721. The van der Waals surface area contributed by atoms with Crippen LogP contribution in [-0.2, 0) is 0 Å². The molecule has 0 unspecified atom stereocenters.